The highest BCUT2D eigenvalue weighted by Gasteiger charge is 2.33. The molecular formula is C26H35Cl2N3O4S. The van der Waals surface area contributed by atoms with Gasteiger partial charge in [0.2, 0.25) is 21.8 Å². The number of nitrogens with one attached hydrogen (secondary N) is 1. The summed E-state index contributed by atoms with van der Waals surface area (Å²) in [6.07, 6.45) is 1.98. The van der Waals surface area contributed by atoms with E-state index < -0.39 is 34.1 Å². The van der Waals surface area contributed by atoms with E-state index in [1.54, 1.807) is 37.3 Å². The van der Waals surface area contributed by atoms with Crippen molar-refractivity contribution in [3.05, 3.63) is 63.6 Å². The predicted octanol–water partition coefficient (Wildman–Crippen LogP) is 5.04. The third-order valence-electron chi connectivity index (χ3n) is 5.56. The molecule has 1 atom stereocenters. The molecule has 2 aromatic rings. The smallest absolute Gasteiger partial charge is 0.244 e. The molecule has 0 saturated heterocycles. The lowest BCUT2D eigenvalue weighted by Gasteiger charge is -2.35. The number of carbonyl (C=O) groups is 2. The van der Waals surface area contributed by atoms with Gasteiger partial charge in [-0.05, 0) is 62.9 Å². The largest absolute Gasteiger partial charge is 0.350 e. The molecule has 0 aliphatic rings. The number of hydrogen-bond acceptors (Lipinski definition) is 4. The summed E-state index contributed by atoms with van der Waals surface area (Å²) in [6.45, 7) is 8.84. The van der Waals surface area contributed by atoms with Gasteiger partial charge in [0.05, 0.1) is 11.9 Å². The molecule has 0 spiro atoms. The van der Waals surface area contributed by atoms with Gasteiger partial charge in [0.15, 0.2) is 0 Å². The quantitative estimate of drug-likeness (QED) is 0.444. The van der Waals surface area contributed by atoms with Crippen LogP contribution in [0.4, 0.5) is 5.69 Å². The number of hydrogen-bond donors (Lipinski definition) is 1. The second-order valence-corrected chi connectivity index (χ2v) is 12.4. The Balaban J connectivity index is 2.53. The van der Waals surface area contributed by atoms with Crippen LogP contribution in [0.5, 0.6) is 0 Å². The summed E-state index contributed by atoms with van der Waals surface area (Å²) in [5.41, 5.74) is 1.31. The lowest BCUT2D eigenvalue weighted by molar-refractivity contribution is -0.141. The number of anilines is 1. The Morgan fingerprint density at radius 2 is 1.67 bits per heavy atom. The molecule has 0 saturated carbocycles. The minimum atomic E-state index is -3.81. The Hall–Kier alpha value is -2.29. The first-order valence-electron chi connectivity index (χ1n) is 11.8. The lowest BCUT2D eigenvalue weighted by Crippen LogP contribution is -2.55. The van der Waals surface area contributed by atoms with Crippen molar-refractivity contribution in [2.75, 3.05) is 17.1 Å². The van der Waals surface area contributed by atoms with E-state index in [-0.39, 0.29) is 12.5 Å². The van der Waals surface area contributed by atoms with Crippen LogP contribution in [-0.4, -0.2) is 49.5 Å². The SMILES string of the molecule is CCc1ccccc1N(CC(=O)N(Cc1ccc(Cl)cc1Cl)[C@H](CC)C(=O)NC(C)(C)C)S(C)(=O)=O. The normalized spacial score (nSPS) is 12.7. The highest BCUT2D eigenvalue weighted by atomic mass is 35.5. The maximum atomic E-state index is 13.8. The van der Waals surface area contributed by atoms with Crippen LogP contribution < -0.4 is 9.62 Å². The lowest BCUT2D eigenvalue weighted by atomic mass is 10.1. The van der Waals surface area contributed by atoms with E-state index in [2.05, 4.69) is 5.32 Å². The monoisotopic (exact) mass is 555 g/mol. The summed E-state index contributed by atoms with van der Waals surface area (Å²) < 4.78 is 26.7. The van der Waals surface area contributed by atoms with Crippen LogP contribution in [0.15, 0.2) is 42.5 Å². The molecule has 0 radical (unpaired) electrons. The number of nitrogens with zero attached hydrogens (tertiary/aromatic N) is 2. The molecule has 2 aromatic carbocycles. The van der Waals surface area contributed by atoms with E-state index in [1.165, 1.54) is 4.90 Å². The van der Waals surface area contributed by atoms with Crippen molar-refractivity contribution in [2.24, 2.45) is 0 Å². The van der Waals surface area contributed by atoms with Crippen LogP contribution in [0, 0.1) is 0 Å². The van der Waals surface area contributed by atoms with E-state index in [4.69, 9.17) is 23.2 Å². The van der Waals surface area contributed by atoms with E-state index in [1.807, 2.05) is 39.8 Å². The zero-order chi connectivity index (χ0) is 27.3. The van der Waals surface area contributed by atoms with Crippen molar-refractivity contribution >= 4 is 50.7 Å². The van der Waals surface area contributed by atoms with Crippen LogP contribution in [0.1, 0.15) is 52.2 Å². The minimum absolute atomic E-state index is 0.0118. The molecule has 10 heteroatoms. The standard InChI is InChI=1S/C26H35Cl2N3O4S/c1-7-18-11-9-10-12-23(18)31(36(6,34)35)17-24(32)30(16-19-13-14-20(27)15-21(19)28)22(8-2)25(33)29-26(3,4)5/h9-15,22H,7-8,16-17H2,1-6H3,(H,29,33)/t22-/m1/s1. The van der Waals surface area contributed by atoms with Gasteiger partial charge >= 0.3 is 0 Å². The van der Waals surface area contributed by atoms with E-state index in [0.717, 1.165) is 16.1 Å². The Morgan fingerprint density at radius 3 is 2.19 bits per heavy atom. The van der Waals surface area contributed by atoms with Crippen molar-refractivity contribution in [3.8, 4) is 0 Å². The fourth-order valence-corrected chi connectivity index (χ4v) is 5.20. The minimum Gasteiger partial charge on any atom is -0.350 e. The topological polar surface area (TPSA) is 86.8 Å². The molecule has 1 N–H and O–H groups in total. The number of carbonyl (C=O) groups excluding carboxylic acids is 2. The molecule has 2 amide bonds. The average Bonchev–Trinajstić information content (AvgIpc) is 2.76. The molecule has 0 aliphatic heterocycles. The van der Waals surface area contributed by atoms with E-state index >= 15 is 0 Å². The molecule has 198 valence electrons. The van der Waals surface area contributed by atoms with E-state index in [9.17, 15) is 18.0 Å². The molecule has 0 aliphatic carbocycles. The van der Waals surface area contributed by atoms with Crippen molar-refractivity contribution in [3.63, 3.8) is 0 Å². The van der Waals surface area contributed by atoms with Crippen molar-refractivity contribution < 1.29 is 18.0 Å². The summed E-state index contributed by atoms with van der Waals surface area (Å²) in [5.74, 6) is -0.850. The second-order valence-electron chi connectivity index (χ2n) is 9.67. The first-order chi connectivity index (χ1) is 16.7. The summed E-state index contributed by atoms with van der Waals surface area (Å²) in [7, 11) is -3.81. The highest BCUT2D eigenvalue weighted by molar-refractivity contribution is 7.92. The zero-order valence-electron chi connectivity index (χ0n) is 21.6. The molecular weight excluding hydrogens is 521 g/mol. The number of aryl methyl sites for hydroxylation is 1. The van der Waals surface area contributed by atoms with Crippen LogP contribution in [0.2, 0.25) is 10.0 Å². The molecule has 0 unspecified atom stereocenters. The maximum Gasteiger partial charge on any atom is 0.244 e. The van der Waals surface area contributed by atoms with Crippen molar-refractivity contribution in [1.82, 2.24) is 10.2 Å². The first kappa shape index (κ1) is 29.9. The summed E-state index contributed by atoms with van der Waals surface area (Å²) in [6, 6.07) is 11.1. The summed E-state index contributed by atoms with van der Waals surface area (Å²) in [4.78, 5) is 28.4. The highest BCUT2D eigenvalue weighted by Crippen LogP contribution is 2.26. The number of rotatable bonds is 10. The van der Waals surface area contributed by atoms with Crippen molar-refractivity contribution in [1.29, 1.82) is 0 Å². The van der Waals surface area contributed by atoms with Gasteiger partial charge in [-0.3, -0.25) is 13.9 Å². The van der Waals surface area contributed by atoms with Gasteiger partial charge in [0, 0.05) is 22.1 Å². The van der Waals surface area contributed by atoms with Crippen LogP contribution in [0.3, 0.4) is 0 Å². The number of benzene rings is 2. The molecule has 2 rings (SSSR count). The number of amides is 2. The van der Waals surface area contributed by atoms with Gasteiger partial charge in [-0.1, -0.05) is 61.3 Å². The van der Waals surface area contributed by atoms with Gasteiger partial charge in [0.1, 0.15) is 12.6 Å². The Labute approximate surface area is 224 Å². The molecule has 0 fully saturated rings. The first-order valence-corrected chi connectivity index (χ1v) is 14.4. The number of sulfonamides is 1. The summed E-state index contributed by atoms with van der Waals surface area (Å²) >= 11 is 12.4. The molecule has 0 heterocycles. The third-order valence-corrected chi connectivity index (χ3v) is 7.27. The Kier molecular flexibility index (Phi) is 10.2. The Morgan fingerprint density at radius 1 is 1.03 bits per heavy atom. The second kappa shape index (κ2) is 12.3. The van der Waals surface area contributed by atoms with Crippen LogP contribution >= 0.6 is 23.2 Å². The Bertz CT molecular complexity index is 1200. The number of halogens is 2. The van der Waals surface area contributed by atoms with Gasteiger partial charge < -0.3 is 10.2 Å². The van der Waals surface area contributed by atoms with Gasteiger partial charge in [-0.15, -0.1) is 0 Å². The fraction of sp³-hybridized carbons (Fsp3) is 0.462. The molecule has 7 nitrogen and oxygen atoms in total. The predicted molar refractivity (Wildman–Crippen MR) is 147 cm³/mol. The average molecular weight is 557 g/mol. The maximum absolute atomic E-state index is 13.8. The fourth-order valence-electron chi connectivity index (χ4n) is 3.85. The molecule has 0 bridgehead atoms. The van der Waals surface area contributed by atoms with Gasteiger partial charge in [0.25, 0.3) is 0 Å². The summed E-state index contributed by atoms with van der Waals surface area (Å²) in [5, 5.41) is 3.72. The van der Waals surface area contributed by atoms with Crippen molar-refractivity contribution in [2.45, 2.75) is 65.6 Å². The van der Waals surface area contributed by atoms with Crippen LogP contribution in [-0.2, 0) is 32.6 Å². The van der Waals surface area contributed by atoms with Gasteiger partial charge in [-0.25, -0.2) is 8.42 Å². The third kappa shape index (κ3) is 8.11. The van der Waals surface area contributed by atoms with Gasteiger partial charge in [-0.2, -0.15) is 0 Å². The molecule has 36 heavy (non-hydrogen) atoms. The number of para-hydroxylation sites is 1. The molecule has 0 aromatic heterocycles. The zero-order valence-corrected chi connectivity index (χ0v) is 24.0. The van der Waals surface area contributed by atoms with E-state index in [0.29, 0.717) is 34.1 Å². The van der Waals surface area contributed by atoms with Crippen LogP contribution in [0.25, 0.3) is 0 Å².